The normalized spacial score (nSPS) is 12.2. The molecule has 0 atom stereocenters. The van der Waals surface area contributed by atoms with E-state index in [9.17, 15) is 9.59 Å². The molecule has 0 unspecified atom stereocenters. The number of nitrogens with zero attached hydrogens (tertiary/aromatic N) is 1. The van der Waals surface area contributed by atoms with Crippen LogP contribution in [0.1, 0.15) is 13.3 Å². The second kappa shape index (κ2) is 8.44. The molecule has 27 heavy (non-hydrogen) atoms. The van der Waals surface area contributed by atoms with Crippen LogP contribution in [0.3, 0.4) is 0 Å². The van der Waals surface area contributed by atoms with Crippen molar-refractivity contribution in [1.29, 1.82) is 0 Å². The van der Waals surface area contributed by atoms with Crippen LogP contribution in [0.4, 0.5) is 11.4 Å². The van der Waals surface area contributed by atoms with Gasteiger partial charge in [-0.05, 0) is 36.4 Å². The molecule has 0 saturated heterocycles. The second-order valence-corrected chi connectivity index (χ2v) is 6.03. The second-order valence-electron chi connectivity index (χ2n) is 6.03. The van der Waals surface area contributed by atoms with Crippen molar-refractivity contribution in [2.24, 2.45) is 0 Å². The zero-order valence-electron chi connectivity index (χ0n) is 15.4. The zero-order valence-corrected chi connectivity index (χ0v) is 15.4. The quantitative estimate of drug-likeness (QED) is 0.846. The Bertz CT molecular complexity index is 820. The molecule has 2 aromatic carbocycles. The molecule has 0 saturated carbocycles. The lowest BCUT2D eigenvalue weighted by Crippen LogP contribution is -2.32. The number of methoxy groups -OCH3 is 1. The number of carbonyl (C=O) groups excluding carboxylic acids is 2. The molecule has 7 heteroatoms. The van der Waals surface area contributed by atoms with Gasteiger partial charge in [0, 0.05) is 37.3 Å². The van der Waals surface area contributed by atoms with E-state index >= 15 is 0 Å². The maximum atomic E-state index is 12.2. The number of hydrogen-bond acceptors (Lipinski definition) is 5. The predicted octanol–water partition coefficient (Wildman–Crippen LogP) is 2.85. The molecule has 0 aromatic heterocycles. The van der Waals surface area contributed by atoms with Crippen molar-refractivity contribution in [3.05, 3.63) is 42.5 Å². The molecule has 1 aliphatic heterocycles. The Balaban J connectivity index is 1.62. The van der Waals surface area contributed by atoms with E-state index in [1.165, 1.54) is 6.92 Å². The molecule has 3 rings (SSSR count). The fourth-order valence-electron chi connectivity index (χ4n) is 2.78. The smallest absolute Gasteiger partial charge is 0.226 e. The van der Waals surface area contributed by atoms with Crippen molar-refractivity contribution in [1.82, 2.24) is 0 Å². The van der Waals surface area contributed by atoms with Gasteiger partial charge >= 0.3 is 0 Å². The number of benzene rings is 2. The van der Waals surface area contributed by atoms with Gasteiger partial charge in [0.15, 0.2) is 11.5 Å². The van der Waals surface area contributed by atoms with Crippen LogP contribution in [0.5, 0.6) is 17.2 Å². The summed E-state index contributed by atoms with van der Waals surface area (Å²) in [6.45, 7) is 2.71. The van der Waals surface area contributed by atoms with Gasteiger partial charge in [-0.2, -0.15) is 0 Å². The molecule has 7 nitrogen and oxygen atoms in total. The number of rotatable bonds is 6. The van der Waals surface area contributed by atoms with Gasteiger partial charge in [-0.25, -0.2) is 0 Å². The van der Waals surface area contributed by atoms with Gasteiger partial charge in [0.25, 0.3) is 0 Å². The molecule has 1 heterocycles. The summed E-state index contributed by atoms with van der Waals surface area (Å²) in [6, 6.07) is 12.4. The summed E-state index contributed by atoms with van der Waals surface area (Å²) in [5.41, 5.74) is 1.35. The lowest BCUT2D eigenvalue weighted by atomic mass is 10.2. The van der Waals surface area contributed by atoms with Gasteiger partial charge in [-0.1, -0.05) is 0 Å². The van der Waals surface area contributed by atoms with E-state index in [1.807, 2.05) is 0 Å². The first-order chi connectivity index (χ1) is 13.1. The number of hydrogen-bond donors (Lipinski definition) is 1. The maximum Gasteiger partial charge on any atom is 0.226 e. The number of carbonyl (C=O) groups is 2. The van der Waals surface area contributed by atoms with Crippen molar-refractivity contribution in [2.45, 2.75) is 13.3 Å². The minimum Gasteiger partial charge on any atom is -0.497 e. The first kappa shape index (κ1) is 18.6. The van der Waals surface area contributed by atoms with Crippen LogP contribution in [-0.4, -0.2) is 38.7 Å². The average Bonchev–Trinajstić information content (AvgIpc) is 2.68. The summed E-state index contributed by atoms with van der Waals surface area (Å²) in [5.74, 6) is 1.65. The van der Waals surface area contributed by atoms with Gasteiger partial charge in [-0.3, -0.25) is 9.59 Å². The molecule has 2 amide bonds. The predicted molar refractivity (Wildman–Crippen MR) is 102 cm³/mol. The monoisotopic (exact) mass is 370 g/mol. The molecule has 0 spiro atoms. The van der Waals surface area contributed by atoms with Crippen molar-refractivity contribution in [2.75, 3.05) is 37.1 Å². The van der Waals surface area contributed by atoms with Gasteiger partial charge in [0.05, 0.1) is 7.11 Å². The number of nitrogens with one attached hydrogen (secondary N) is 1. The molecule has 0 fully saturated rings. The highest BCUT2D eigenvalue weighted by molar-refractivity contribution is 5.95. The van der Waals surface area contributed by atoms with Crippen LogP contribution in [0.15, 0.2) is 42.5 Å². The highest BCUT2D eigenvalue weighted by atomic mass is 16.6. The Morgan fingerprint density at radius 1 is 1.07 bits per heavy atom. The molecule has 142 valence electrons. The van der Waals surface area contributed by atoms with Crippen LogP contribution < -0.4 is 24.4 Å². The number of amides is 2. The Labute approximate surface area is 157 Å². The minimum atomic E-state index is -0.177. The van der Waals surface area contributed by atoms with E-state index in [4.69, 9.17) is 14.2 Å². The van der Waals surface area contributed by atoms with Crippen molar-refractivity contribution in [3.8, 4) is 17.2 Å². The number of fused-ring (bicyclic) bond motifs is 1. The van der Waals surface area contributed by atoms with Crippen LogP contribution >= 0.6 is 0 Å². The van der Waals surface area contributed by atoms with Crippen LogP contribution in [-0.2, 0) is 9.59 Å². The van der Waals surface area contributed by atoms with Crippen molar-refractivity contribution in [3.63, 3.8) is 0 Å². The summed E-state index contributed by atoms with van der Waals surface area (Å²) < 4.78 is 16.2. The molecule has 2 aromatic rings. The Morgan fingerprint density at radius 3 is 2.44 bits per heavy atom. The van der Waals surface area contributed by atoms with Crippen molar-refractivity contribution < 1.29 is 23.8 Å². The van der Waals surface area contributed by atoms with Gasteiger partial charge in [0.1, 0.15) is 19.0 Å². The maximum absolute atomic E-state index is 12.2. The van der Waals surface area contributed by atoms with Crippen LogP contribution in [0.2, 0.25) is 0 Å². The summed E-state index contributed by atoms with van der Waals surface area (Å²) in [6.07, 6.45) is 0.167. The third kappa shape index (κ3) is 4.69. The standard InChI is InChI=1S/C20H22N2O5/c1-14(23)22(16-5-8-18-19(13-16)27-12-11-26-18)10-9-20(24)21-15-3-6-17(25-2)7-4-15/h3-8,13H,9-12H2,1-2H3,(H,21,24). The molecular weight excluding hydrogens is 348 g/mol. The highest BCUT2D eigenvalue weighted by Gasteiger charge is 2.18. The molecule has 1 N–H and O–H groups in total. The Morgan fingerprint density at radius 2 is 1.78 bits per heavy atom. The van der Waals surface area contributed by atoms with Crippen LogP contribution in [0.25, 0.3) is 0 Å². The van der Waals surface area contributed by atoms with Gasteiger partial charge < -0.3 is 24.4 Å². The van der Waals surface area contributed by atoms with E-state index < -0.39 is 0 Å². The molecule has 0 aliphatic carbocycles. The SMILES string of the molecule is COc1ccc(NC(=O)CCN(C(C)=O)c2ccc3c(c2)OCCO3)cc1. The highest BCUT2D eigenvalue weighted by Crippen LogP contribution is 2.34. The van der Waals surface area contributed by atoms with E-state index in [0.717, 1.165) is 5.75 Å². The first-order valence-corrected chi connectivity index (χ1v) is 8.68. The van der Waals surface area contributed by atoms with Crippen molar-refractivity contribution >= 4 is 23.2 Å². The summed E-state index contributed by atoms with van der Waals surface area (Å²) in [5, 5.41) is 2.81. The third-order valence-electron chi connectivity index (χ3n) is 4.15. The Hall–Kier alpha value is -3.22. The van der Waals surface area contributed by atoms with Crippen LogP contribution in [0, 0.1) is 0 Å². The van der Waals surface area contributed by atoms with E-state index in [2.05, 4.69) is 5.32 Å². The third-order valence-corrected chi connectivity index (χ3v) is 4.15. The molecule has 1 aliphatic rings. The summed E-state index contributed by atoms with van der Waals surface area (Å²) in [4.78, 5) is 25.8. The van der Waals surface area contributed by atoms with Gasteiger partial charge in [0.2, 0.25) is 11.8 Å². The van der Waals surface area contributed by atoms with Gasteiger partial charge in [-0.15, -0.1) is 0 Å². The number of ether oxygens (including phenoxy) is 3. The van der Waals surface area contributed by atoms with E-state index in [0.29, 0.717) is 36.1 Å². The summed E-state index contributed by atoms with van der Waals surface area (Å²) >= 11 is 0. The van der Waals surface area contributed by atoms with E-state index in [-0.39, 0.29) is 24.8 Å². The lowest BCUT2D eigenvalue weighted by molar-refractivity contribution is -0.117. The number of anilines is 2. The zero-order chi connectivity index (χ0) is 19.2. The fourth-order valence-corrected chi connectivity index (χ4v) is 2.78. The molecule has 0 bridgehead atoms. The van der Waals surface area contributed by atoms with E-state index in [1.54, 1.807) is 54.5 Å². The lowest BCUT2D eigenvalue weighted by Gasteiger charge is -2.24. The first-order valence-electron chi connectivity index (χ1n) is 8.68. The largest absolute Gasteiger partial charge is 0.497 e. The topological polar surface area (TPSA) is 77.1 Å². The summed E-state index contributed by atoms with van der Waals surface area (Å²) in [7, 11) is 1.59. The Kier molecular flexibility index (Phi) is 5.80. The minimum absolute atomic E-state index is 0.149. The average molecular weight is 370 g/mol. The fraction of sp³-hybridized carbons (Fsp3) is 0.300. The molecule has 0 radical (unpaired) electrons. The molecular formula is C20H22N2O5.